The zero-order valence-electron chi connectivity index (χ0n) is 16.7. The molecule has 0 unspecified atom stereocenters. The zero-order valence-corrected chi connectivity index (χ0v) is 16.7. The molecule has 4 nitrogen and oxygen atoms in total. The Morgan fingerprint density at radius 3 is 2.39 bits per heavy atom. The molecule has 0 spiro atoms. The van der Waals surface area contributed by atoms with Gasteiger partial charge in [-0.2, -0.15) is 0 Å². The van der Waals surface area contributed by atoms with Gasteiger partial charge in [-0.05, 0) is 42.2 Å². The molecule has 1 amide bonds. The highest BCUT2D eigenvalue weighted by Gasteiger charge is 2.34. The number of methoxy groups -OCH3 is 2. The van der Waals surface area contributed by atoms with Crippen LogP contribution < -0.4 is 14.8 Å². The summed E-state index contributed by atoms with van der Waals surface area (Å²) in [5.74, 6) is 1.40. The van der Waals surface area contributed by atoms with Crippen molar-refractivity contribution in [3.63, 3.8) is 0 Å². The molecule has 2 aromatic carbocycles. The van der Waals surface area contributed by atoms with Crippen molar-refractivity contribution in [3.05, 3.63) is 65.7 Å². The first-order valence-electron chi connectivity index (χ1n) is 9.90. The highest BCUT2D eigenvalue weighted by Crippen LogP contribution is 2.42. The van der Waals surface area contributed by atoms with Crippen LogP contribution >= 0.6 is 0 Å². The maximum absolute atomic E-state index is 12.4. The summed E-state index contributed by atoms with van der Waals surface area (Å²) >= 11 is 0. The van der Waals surface area contributed by atoms with Gasteiger partial charge in [0.2, 0.25) is 5.91 Å². The fraction of sp³-hybridized carbons (Fsp3) is 0.375. The number of benzene rings is 2. The minimum Gasteiger partial charge on any atom is -0.493 e. The lowest BCUT2D eigenvalue weighted by Crippen LogP contribution is -2.41. The molecule has 0 radical (unpaired) electrons. The predicted molar refractivity (Wildman–Crippen MR) is 113 cm³/mol. The van der Waals surface area contributed by atoms with Gasteiger partial charge >= 0.3 is 0 Å². The summed E-state index contributed by atoms with van der Waals surface area (Å²) in [5, 5.41) is 3.13. The summed E-state index contributed by atoms with van der Waals surface area (Å²) < 4.78 is 10.9. The lowest BCUT2D eigenvalue weighted by atomic mass is 9.69. The van der Waals surface area contributed by atoms with Gasteiger partial charge in [-0.15, -0.1) is 0 Å². The Kier molecular flexibility index (Phi) is 6.75. The molecule has 0 saturated heterocycles. The van der Waals surface area contributed by atoms with Crippen LogP contribution in [-0.2, 0) is 10.2 Å². The molecule has 1 N–H and O–H groups in total. The van der Waals surface area contributed by atoms with Crippen LogP contribution in [0.2, 0.25) is 0 Å². The van der Waals surface area contributed by atoms with Crippen LogP contribution in [-0.4, -0.2) is 26.7 Å². The van der Waals surface area contributed by atoms with Crippen molar-refractivity contribution < 1.29 is 14.3 Å². The van der Waals surface area contributed by atoms with Crippen molar-refractivity contribution in [3.8, 4) is 11.5 Å². The maximum atomic E-state index is 12.4. The van der Waals surface area contributed by atoms with Crippen molar-refractivity contribution in [2.24, 2.45) is 0 Å². The second-order valence-corrected chi connectivity index (χ2v) is 7.37. The number of carbonyl (C=O) groups excluding carboxylic acids is 1. The van der Waals surface area contributed by atoms with Crippen molar-refractivity contribution in [2.75, 3.05) is 20.8 Å². The van der Waals surface area contributed by atoms with E-state index >= 15 is 0 Å². The SMILES string of the molecule is COc1ccc(C2(CNC(=O)C=Cc3ccccc3)CCCCC2)cc1OC. The third-order valence-corrected chi connectivity index (χ3v) is 5.63. The molecule has 0 bridgehead atoms. The van der Waals surface area contributed by atoms with Crippen LogP contribution in [0.4, 0.5) is 0 Å². The number of ether oxygens (including phenoxy) is 2. The lowest BCUT2D eigenvalue weighted by Gasteiger charge is -2.38. The summed E-state index contributed by atoms with van der Waals surface area (Å²) in [4.78, 5) is 12.4. The number of nitrogens with one attached hydrogen (secondary N) is 1. The minimum atomic E-state index is -0.0615. The van der Waals surface area contributed by atoms with E-state index in [1.807, 2.05) is 42.5 Å². The first-order chi connectivity index (χ1) is 13.7. The largest absolute Gasteiger partial charge is 0.493 e. The van der Waals surface area contributed by atoms with Crippen LogP contribution in [0.3, 0.4) is 0 Å². The molecular weight excluding hydrogens is 350 g/mol. The van der Waals surface area contributed by atoms with E-state index in [4.69, 9.17) is 9.47 Å². The monoisotopic (exact) mass is 379 g/mol. The molecule has 1 aliphatic carbocycles. The van der Waals surface area contributed by atoms with Crippen molar-refractivity contribution in [1.29, 1.82) is 0 Å². The van der Waals surface area contributed by atoms with E-state index < -0.39 is 0 Å². The fourth-order valence-electron chi connectivity index (χ4n) is 4.01. The number of carbonyl (C=O) groups is 1. The van der Waals surface area contributed by atoms with E-state index in [1.165, 1.54) is 24.8 Å². The molecule has 1 saturated carbocycles. The van der Waals surface area contributed by atoms with E-state index in [1.54, 1.807) is 20.3 Å². The summed E-state index contributed by atoms with van der Waals surface area (Å²) in [6.45, 7) is 0.625. The molecule has 28 heavy (non-hydrogen) atoms. The first-order valence-corrected chi connectivity index (χ1v) is 9.90. The Morgan fingerprint density at radius 2 is 1.71 bits per heavy atom. The predicted octanol–water partition coefficient (Wildman–Crippen LogP) is 4.74. The summed E-state index contributed by atoms with van der Waals surface area (Å²) in [6, 6.07) is 16.0. The van der Waals surface area contributed by atoms with Gasteiger partial charge in [-0.3, -0.25) is 4.79 Å². The molecule has 148 valence electrons. The van der Waals surface area contributed by atoms with Gasteiger partial charge in [0.05, 0.1) is 14.2 Å². The van der Waals surface area contributed by atoms with E-state index in [-0.39, 0.29) is 11.3 Å². The molecule has 2 aromatic rings. The Labute approximate surface area is 167 Å². The van der Waals surface area contributed by atoms with Gasteiger partial charge < -0.3 is 14.8 Å². The average Bonchev–Trinajstić information content (AvgIpc) is 2.77. The standard InChI is InChI=1S/C24H29NO3/c1-27-21-13-12-20(17-22(21)28-2)24(15-7-4-8-16-24)18-25-23(26)14-11-19-9-5-3-6-10-19/h3,5-6,9-14,17H,4,7-8,15-16,18H2,1-2H3,(H,25,26). The van der Waals surface area contributed by atoms with Gasteiger partial charge in [-0.1, -0.05) is 55.7 Å². The smallest absolute Gasteiger partial charge is 0.244 e. The van der Waals surface area contributed by atoms with Crippen LogP contribution in [0.5, 0.6) is 11.5 Å². The van der Waals surface area contributed by atoms with E-state index in [0.717, 1.165) is 29.9 Å². The Bertz CT molecular complexity index is 808. The Balaban J connectivity index is 1.75. The Morgan fingerprint density at radius 1 is 1.00 bits per heavy atom. The topological polar surface area (TPSA) is 47.6 Å². The molecule has 0 atom stereocenters. The lowest BCUT2D eigenvalue weighted by molar-refractivity contribution is -0.116. The molecule has 1 fully saturated rings. The van der Waals surface area contributed by atoms with Gasteiger partial charge in [0.25, 0.3) is 0 Å². The maximum Gasteiger partial charge on any atom is 0.244 e. The highest BCUT2D eigenvalue weighted by molar-refractivity contribution is 5.91. The van der Waals surface area contributed by atoms with Crippen molar-refractivity contribution in [1.82, 2.24) is 5.32 Å². The van der Waals surface area contributed by atoms with Gasteiger partial charge in [0.15, 0.2) is 11.5 Å². The van der Waals surface area contributed by atoms with Gasteiger partial charge in [-0.25, -0.2) is 0 Å². The average molecular weight is 380 g/mol. The molecule has 0 aromatic heterocycles. The molecule has 4 heteroatoms. The number of hydrogen-bond donors (Lipinski definition) is 1. The third-order valence-electron chi connectivity index (χ3n) is 5.63. The molecule has 0 heterocycles. The number of rotatable bonds is 7. The molecular formula is C24H29NO3. The van der Waals surface area contributed by atoms with Crippen LogP contribution in [0.25, 0.3) is 6.08 Å². The van der Waals surface area contributed by atoms with Gasteiger partial charge in [0, 0.05) is 18.0 Å². The zero-order chi connectivity index (χ0) is 19.8. The number of amides is 1. The fourth-order valence-corrected chi connectivity index (χ4v) is 4.01. The first kappa shape index (κ1) is 20.0. The van der Waals surface area contributed by atoms with Gasteiger partial charge in [0.1, 0.15) is 0 Å². The second-order valence-electron chi connectivity index (χ2n) is 7.37. The van der Waals surface area contributed by atoms with Crippen LogP contribution in [0, 0.1) is 0 Å². The van der Waals surface area contributed by atoms with E-state index in [9.17, 15) is 4.79 Å². The summed E-state index contributed by atoms with van der Waals surface area (Å²) in [7, 11) is 3.30. The summed E-state index contributed by atoms with van der Waals surface area (Å²) in [6.07, 6.45) is 9.17. The highest BCUT2D eigenvalue weighted by atomic mass is 16.5. The minimum absolute atomic E-state index is 0.0609. The quantitative estimate of drug-likeness (QED) is 0.707. The third kappa shape index (κ3) is 4.75. The Hall–Kier alpha value is -2.75. The second kappa shape index (κ2) is 9.45. The molecule has 1 aliphatic rings. The van der Waals surface area contributed by atoms with Crippen LogP contribution in [0.15, 0.2) is 54.6 Å². The normalized spacial score (nSPS) is 15.9. The van der Waals surface area contributed by atoms with E-state index in [2.05, 4.69) is 17.4 Å². The molecule has 0 aliphatic heterocycles. The summed E-state index contributed by atoms with van der Waals surface area (Å²) in [5.41, 5.74) is 2.16. The number of hydrogen-bond acceptors (Lipinski definition) is 3. The molecule has 3 rings (SSSR count). The van der Waals surface area contributed by atoms with Crippen molar-refractivity contribution in [2.45, 2.75) is 37.5 Å². The van der Waals surface area contributed by atoms with Crippen LogP contribution in [0.1, 0.15) is 43.2 Å². The van der Waals surface area contributed by atoms with E-state index in [0.29, 0.717) is 6.54 Å². The van der Waals surface area contributed by atoms with Crippen molar-refractivity contribution >= 4 is 12.0 Å².